The molecule has 0 aromatic carbocycles. The molecule has 0 aliphatic carbocycles. The zero-order valence-electron chi connectivity index (χ0n) is 22.5. The molecule has 0 fully saturated rings. The minimum atomic E-state index is -1.12. The van der Waals surface area contributed by atoms with Crippen molar-refractivity contribution in [1.82, 2.24) is 0 Å². The number of hydrogen-bond donors (Lipinski definition) is 0. The van der Waals surface area contributed by atoms with E-state index in [0.29, 0.717) is 34.5 Å². The number of hydrogen-bond acceptors (Lipinski definition) is 0. The molecule has 0 radical (unpaired) electrons. The van der Waals surface area contributed by atoms with Crippen LogP contribution in [0.3, 0.4) is 0 Å². The molecule has 0 aromatic rings. The highest BCUT2D eigenvalue weighted by Crippen LogP contribution is 2.28. The van der Waals surface area contributed by atoms with E-state index in [9.17, 15) is 13.2 Å². The van der Waals surface area contributed by atoms with Crippen molar-refractivity contribution in [3.8, 4) is 0 Å². The third-order valence-electron chi connectivity index (χ3n) is 6.15. The van der Waals surface area contributed by atoms with Gasteiger partial charge in [-0.05, 0) is 72.0 Å². The van der Waals surface area contributed by atoms with Crippen LogP contribution in [0.25, 0.3) is 0 Å². The average molecular weight is 485 g/mol. The minimum absolute atomic E-state index is 0.0431. The molecule has 0 aliphatic heterocycles. The molecule has 0 saturated carbocycles. The first-order chi connectivity index (χ1) is 16.1. The van der Waals surface area contributed by atoms with Crippen molar-refractivity contribution in [2.45, 2.75) is 60.8 Å². The van der Waals surface area contributed by atoms with Gasteiger partial charge in [0.1, 0.15) is 5.83 Å². The molecule has 0 nitrogen and oxygen atoms in total. The smallest absolute Gasteiger partial charge is 0.166 e. The Morgan fingerprint density at radius 3 is 1.74 bits per heavy atom. The summed E-state index contributed by atoms with van der Waals surface area (Å²) in [6.07, 6.45) is 9.47. The van der Waals surface area contributed by atoms with Crippen LogP contribution in [0.15, 0.2) is 120 Å². The van der Waals surface area contributed by atoms with E-state index < -0.39 is 17.5 Å². The first kappa shape index (κ1) is 32.2. The lowest BCUT2D eigenvalue weighted by molar-refractivity contribution is 0.339. The highest BCUT2D eigenvalue weighted by atomic mass is 19.2. The molecule has 0 rings (SSSR count). The summed E-state index contributed by atoms with van der Waals surface area (Å²) in [5.74, 6) is -0.909. The quantitative estimate of drug-likeness (QED) is 0.203. The van der Waals surface area contributed by atoms with Gasteiger partial charge in [0, 0.05) is 11.1 Å². The maximum absolute atomic E-state index is 14.8. The fraction of sp³-hybridized carbons (Fsp3) is 0.375. The standard InChI is InChI=1S/C32H43F3/c1-20(2)13-14-22(5)23(6)15-17-25(8)28(11)30(33)19-27(10)24(7)16-18-26(9)29(12)32(35)31(34)21(3)4/h16-20,22-23H,3,7,9-15H2,1-2,4-6,8H3/b18-16-,25-17+,30-19+,32-31-. The molecule has 3 heteroatoms. The van der Waals surface area contributed by atoms with Crippen molar-refractivity contribution in [2.75, 3.05) is 0 Å². The van der Waals surface area contributed by atoms with Gasteiger partial charge in [0.2, 0.25) is 0 Å². The summed E-state index contributed by atoms with van der Waals surface area (Å²) < 4.78 is 42.6. The largest absolute Gasteiger partial charge is 0.206 e. The molecule has 0 spiro atoms. The number of halogens is 3. The lowest BCUT2D eigenvalue weighted by Gasteiger charge is -2.20. The lowest BCUT2D eigenvalue weighted by Crippen LogP contribution is -2.08. The van der Waals surface area contributed by atoms with E-state index in [1.165, 1.54) is 38.0 Å². The maximum Gasteiger partial charge on any atom is 0.166 e. The van der Waals surface area contributed by atoms with Crippen molar-refractivity contribution in [3.63, 3.8) is 0 Å². The van der Waals surface area contributed by atoms with Gasteiger partial charge in [0.05, 0.1) is 0 Å². The van der Waals surface area contributed by atoms with Crippen LogP contribution in [0.4, 0.5) is 13.2 Å². The van der Waals surface area contributed by atoms with Crippen LogP contribution in [0, 0.1) is 17.8 Å². The Morgan fingerprint density at radius 1 is 0.686 bits per heavy atom. The van der Waals surface area contributed by atoms with Gasteiger partial charge in [-0.1, -0.05) is 98.2 Å². The third-order valence-corrected chi connectivity index (χ3v) is 6.15. The highest BCUT2D eigenvalue weighted by molar-refractivity contribution is 5.53. The van der Waals surface area contributed by atoms with Crippen molar-refractivity contribution >= 4 is 0 Å². The topological polar surface area (TPSA) is 0 Å². The van der Waals surface area contributed by atoms with Crippen LogP contribution >= 0.6 is 0 Å². The van der Waals surface area contributed by atoms with E-state index in [1.54, 1.807) is 0 Å². The van der Waals surface area contributed by atoms with E-state index in [1.807, 2.05) is 13.0 Å². The molecule has 2 unspecified atom stereocenters. The summed E-state index contributed by atoms with van der Waals surface area (Å²) in [4.78, 5) is 0. The predicted octanol–water partition coefficient (Wildman–Crippen LogP) is 10.9. The Balaban J connectivity index is 5.16. The fourth-order valence-electron chi connectivity index (χ4n) is 2.99. The normalized spacial score (nSPS) is 15.0. The van der Waals surface area contributed by atoms with E-state index in [2.05, 4.69) is 67.2 Å². The SMILES string of the molecule is C=C(/C=C\C(=C)C(=C)/C(F)=C(/F)C(=C)C)C(=C)/C=C(/F)C(=C)/C(C)=C/CC(C)C(C)CCC(C)C. The summed E-state index contributed by atoms with van der Waals surface area (Å²) in [5.41, 5.74) is 1.69. The van der Waals surface area contributed by atoms with Crippen LogP contribution in [0.5, 0.6) is 0 Å². The molecular formula is C32H43F3. The summed E-state index contributed by atoms with van der Waals surface area (Å²) in [5, 5.41) is 0. The Hall–Kier alpha value is -2.81. The highest BCUT2D eigenvalue weighted by Gasteiger charge is 2.14. The van der Waals surface area contributed by atoms with Gasteiger partial charge < -0.3 is 0 Å². The van der Waals surface area contributed by atoms with E-state index >= 15 is 0 Å². The summed E-state index contributed by atoms with van der Waals surface area (Å²) in [6, 6.07) is 0. The zero-order valence-corrected chi connectivity index (χ0v) is 22.5. The van der Waals surface area contributed by atoms with Gasteiger partial charge in [-0.3, -0.25) is 0 Å². The number of allylic oxidation sites excluding steroid dienone is 14. The molecular weight excluding hydrogens is 441 g/mol. The van der Waals surface area contributed by atoms with Crippen molar-refractivity contribution < 1.29 is 13.2 Å². The fourth-order valence-corrected chi connectivity index (χ4v) is 2.99. The average Bonchev–Trinajstić information content (AvgIpc) is 2.81. The molecule has 0 amide bonds. The van der Waals surface area contributed by atoms with Gasteiger partial charge in [-0.25, -0.2) is 13.2 Å². The predicted molar refractivity (Wildman–Crippen MR) is 149 cm³/mol. The summed E-state index contributed by atoms with van der Waals surface area (Å²) >= 11 is 0. The van der Waals surface area contributed by atoms with Gasteiger partial charge in [0.15, 0.2) is 11.7 Å². The second kappa shape index (κ2) is 15.2. The Labute approximate surface area is 212 Å². The Kier molecular flexibility index (Phi) is 14.0. The number of rotatable bonds is 15. The molecule has 192 valence electrons. The van der Waals surface area contributed by atoms with E-state index in [-0.39, 0.29) is 16.7 Å². The van der Waals surface area contributed by atoms with E-state index in [4.69, 9.17) is 0 Å². The van der Waals surface area contributed by atoms with Gasteiger partial charge >= 0.3 is 0 Å². The maximum atomic E-state index is 14.8. The van der Waals surface area contributed by atoms with Crippen LogP contribution in [0.1, 0.15) is 60.8 Å². The second-order valence-electron chi connectivity index (χ2n) is 9.82. The summed E-state index contributed by atoms with van der Waals surface area (Å²) in [7, 11) is 0. The zero-order chi connectivity index (χ0) is 27.5. The molecule has 0 N–H and O–H groups in total. The van der Waals surface area contributed by atoms with Crippen LogP contribution in [-0.4, -0.2) is 0 Å². The first-order valence-corrected chi connectivity index (χ1v) is 12.0. The summed E-state index contributed by atoms with van der Waals surface area (Å²) in [6.45, 7) is 34.3. The van der Waals surface area contributed by atoms with Crippen LogP contribution < -0.4 is 0 Å². The molecule has 2 atom stereocenters. The minimum Gasteiger partial charge on any atom is -0.206 e. The molecule has 0 bridgehead atoms. The monoisotopic (exact) mass is 484 g/mol. The third kappa shape index (κ3) is 11.4. The second-order valence-corrected chi connectivity index (χ2v) is 9.82. The molecule has 0 heterocycles. The van der Waals surface area contributed by atoms with Gasteiger partial charge in [-0.15, -0.1) is 0 Å². The Bertz CT molecular complexity index is 976. The van der Waals surface area contributed by atoms with Crippen LogP contribution in [0.2, 0.25) is 0 Å². The lowest BCUT2D eigenvalue weighted by atomic mass is 9.86. The molecule has 0 aliphatic rings. The molecule has 0 aromatic heterocycles. The van der Waals surface area contributed by atoms with Gasteiger partial charge in [-0.2, -0.15) is 0 Å². The van der Waals surface area contributed by atoms with Crippen molar-refractivity contribution in [3.05, 3.63) is 120 Å². The van der Waals surface area contributed by atoms with Crippen molar-refractivity contribution in [1.29, 1.82) is 0 Å². The first-order valence-electron chi connectivity index (χ1n) is 12.0. The van der Waals surface area contributed by atoms with Crippen molar-refractivity contribution in [2.24, 2.45) is 17.8 Å². The molecule has 35 heavy (non-hydrogen) atoms. The van der Waals surface area contributed by atoms with E-state index in [0.717, 1.165) is 12.0 Å². The molecule has 0 saturated heterocycles. The van der Waals surface area contributed by atoms with Crippen LogP contribution in [-0.2, 0) is 0 Å². The van der Waals surface area contributed by atoms with Gasteiger partial charge in [0.25, 0.3) is 0 Å². The Morgan fingerprint density at radius 2 is 1.23 bits per heavy atom.